The third kappa shape index (κ3) is 2.94. The molecule has 1 saturated heterocycles. The highest BCUT2D eigenvalue weighted by Crippen LogP contribution is 2.26. The molecule has 4 amide bonds. The summed E-state index contributed by atoms with van der Waals surface area (Å²) in [5.41, 5.74) is 2.39. The summed E-state index contributed by atoms with van der Waals surface area (Å²) in [5, 5.41) is 5.48. The van der Waals surface area contributed by atoms with Gasteiger partial charge in [-0.2, -0.15) is 0 Å². The first-order valence-corrected chi connectivity index (χ1v) is 7.24. The molecule has 0 spiro atoms. The largest absolute Gasteiger partial charge is 0.493 e. The van der Waals surface area contributed by atoms with Gasteiger partial charge in [-0.3, -0.25) is 0 Å². The van der Waals surface area contributed by atoms with Gasteiger partial charge in [0.15, 0.2) is 0 Å². The standard InChI is InChI=1S/C15H19N3O3/c1-10(17-15(20)18-6-5-16-14(18)19)8-11-2-3-13-12(9-11)4-7-21-13/h2-3,9-10H,4-8H2,1H3,(H,16,19)(H,17,20)/t10-/m0/s1. The first-order valence-electron chi connectivity index (χ1n) is 7.24. The quantitative estimate of drug-likeness (QED) is 0.881. The lowest BCUT2D eigenvalue weighted by molar-refractivity contribution is 0.196. The molecule has 2 aliphatic heterocycles. The van der Waals surface area contributed by atoms with Gasteiger partial charge >= 0.3 is 12.1 Å². The summed E-state index contributed by atoms with van der Waals surface area (Å²) in [4.78, 5) is 24.6. The molecule has 6 nitrogen and oxygen atoms in total. The van der Waals surface area contributed by atoms with Gasteiger partial charge in [0.2, 0.25) is 0 Å². The number of urea groups is 2. The van der Waals surface area contributed by atoms with Gasteiger partial charge in [-0.15, -0.1) is 0 Å². The Hall–Kier alpha value is -2.24. The van der Waals surface area contributed by atoms with Crippen LogP contribution < -0.4 is 15.4 Å². The van der Waals surface area contributed by atoms with Crippen LogP contribution in [0.2, 0.25) is 0 Å². The lowest BCUT2D eigenvalue weighted by Crippen LogP contribution is -2.45. The van der Waals surface area contributed by atoms with Gasteiger partial charge in [0.05, 0.1) is 6.61 Å². The van der Waals surface area contributed by atoms with E-state index in [0.717, 1.165) is 30.8 Å². The lowest BCUT2D eigenvalue weighted by Gasteiger charge is -2.18. The van der Waals surface area contributed by atoms with Crippen molar-refractivity contribution in [1.29, 1.82) is 0 Å². The summed E-state index contributed by atoms with van der Waals surface area (Å²) in [6, 6.07) is 5.45. The number of benzene rings is 1. The number of amides is 4. The average Bonchev–Trinajstić information content (AvgIpc) is 3.06. The number of hydrogen-bond acceptors (Lipinski definition) is 3. The summed E-state index contributed by atoms with van der Waals surface area (Å²) in [6.07, 6.45) is 1.67. The Morgan fingerprint density at radius 2 is 2.38 bits per heavy atom. The Morgan fingerprint density at radius 3 is 3.14 bits per heavy atom. The zero-order chi connectivity index (χ0) is 14.8. The summed E-state index contributed by atoms with van der Waals surface area (Å²) >= 11 is 0. The van der Waals surface area contributed by atoms with E-state index >= 15 is 0 Å². The molecule has 21 heavy (non-hydrogen) atoms. The van der Waals surface area contributed by atoms with Gasteiger partial charge in [-0.25, -0.2) is 14.5 Å². The monoisotopic (exact) mass is 289 g/mol. The van der Waals surface area contributed by atoms with Crippen molar-refractivity contribution < 1.29 is 14.3 Å². The van der Waals surface area contributed by atoms with E-state index in [1.165, 1.54) is 10.5 Å². The number of carbonyl (C=O) groups is 2. The number of rotatable bonds is 3. The summed E-state index contributed by atoms with van der Waals surface area (Å²) in [6.45, 7) is 3.63. The fourth-order valence-corrected chi connectivity index (χ4v) is 2.73. The maximum Gasteiger partial charge on any atom is 0.325 e. The highest BCUT2D eigenvalue weighted by atomic mass is 16.5. The average molecular weight is 289 g/mol. The SMILES string of the molecule is C[C@@H](Cc1ccc2c(c1)CCO2)NC(=O)N1CCNC1=O. The topological polar surface area (TPSA) is 70.7 Å². The Morgan fingerprint density at radius 1 is 1.52 bits per heavy atom. The van der Waals surface area contributed by atoms with Crippen LogP contribution in [0.15, 0.2) is 18.2 Å². The van der Waals surface area contributed by atoms with Gasteiger partial charge in [-0.1, -0.05) is 12.1 Å². The molecule has 0 aromatic heterocycles. The molecule has 6 heteroatoms. The maximum atomic E-state index is 12.0. The molecular formula is C15H19N3O3. The summed E-state index contributed by atoms with van der Waals surface area (Å²) in [7, 11) is 0. The molecule has 3 rings (SSSR count). The van der Waals surface area contributed by atoms with Crippen LogP contribution in [-0.2, 0) is 12.8 Å². The smallest absolute Gasteiger partial charge is 0.325 e. The molecular weight excluding hydrogens is 270 g/mol. The van der Waals surface area contributed by atoms with E-state index in [4.69, 9.17) is 4.74 Å². The Bertz CT molecular complexity index is 573. The molecule has 0 aliphatic carbocycles. The second-order valence-corrected chi connectivity index (χ2v) is 5.48. The number of nitrogens with zero attached hydrogens (tertiary/aromatic N) is 1. The number of carbonyl (C=O) groups excluding carboxylic acids is 2. The van der Waals surface area contributed by atoms with Gasteiger partial charge in [0.25, 0.3) is 0 Å². The molecule has 0 radical (unpaired) electrons. The molecule has 0 unspecified atom stereocenters. The highest BCUT2D eigenvalue weighted by Gasteiger charge is 2.26. The molecule has 0 bridgehead atoms. The van der Waals surface area contributed by atoms with Crippen LogP contribution in [0.25, 0.3) is 0 Å². The first kappa shape index (κ1) is 13.7. The molecule has 1 atom stereocenters. The van der Waals surface area contributed by atoms with Crippen LogP contribution >= 0.6 is 0 Å². The maximum absolute atomic E-state index is 12.0. The molecule has 0 saturated carbocycles. The van der Waals surface area contributed by atoms with E-state index in [0.29, 0.717) is 13.1 Å². The third-order valence-corrected chi connectivity index (χ3v) is 3.77. The van der Waals surface area contributed by atoms with Crippen molar-refractivity contribution in [3.05, 3.63) is 29.3 Å². The first-order chi connectivity index (χ1) is 10.1. The van der Waals surface area contributed by atoms with Crippen molar-refractivity contribution >= 4 is 12.1 Å². The van der Waals surface area contributed by atoms with E-state index in [1.807, 2.05) is 19.1 Å². The van der Waals surface area contributed by atoms with E-state index < -0.39 is 0 Å². The summed E-state index contributed by atoms with van der Waals surface area (Å²) < 4.78 is 5.48. The van der Waals surface area contributed by atoms with Gasteiger partial charge < -0.3 is 15.4 Å². The second-order valence-electron chi connectivity index (χ2n) is 5.48. The number of fused-ring (bicyclic) bond motifs is 1. The van der Waals surface area contributed by atoms with Gasteiger partial charge in [-0.05, 0) is 30.5 Å². The van der Waals surface area contributed by atoms with Crippen LogP contribution in [0, 0.1) is 0 Å². The van der Waals surface area contributed by atoms with Crippen LogP contribution in [0.5, 0.6) is 5.75 Å². The molecule has 112 valence electrons. The minimum absolute atomic E-state index is 0.0359. The second kappa shape index (κ2) is 5.63. The zero-order valence-corrected chi connectivity index (χ0v) is 12.0. The Labute approximate surface area is 123 Å². The fraction of sp³-hybridized carbons (Fsp3) is 0.467. The molecule has 1 fully saturated rings. The van der Waals surface area contributed by atoms with E-state index in [2.05, 4.69) is 16.7 Å². The van der Waals surface area contributed by atoms with Crippen molar-refractivity contribution in [2.24, 2.45) is 0 Å². The number of ether oxygens (including phenoxy) is 1. The van der Waals surface area contributed by atoms with Crippen LogP contribution in [0.3, 0.4) is 0 Å². The van der Waals surface area contributed by atoms with Gasteiger partial charge in [0.1, 0.15) is 5.75 Å². The van der Waals surface area contributed by atoms with Crippen LogP contribution in [-0.4, -0.2) is 42.7 Å². The van der Waals surface area contributed by atoms with Crippen molar-refractivity contribution in [2.45, 2.75) is 25.8 Å². The molecule has 1 aromatic carbocycles. The summed E-state index contributed by atoms with van der Waals surface area (Å²) in [5.74, 6) is 0.962. The van der Waals surface area contributed by atoms with E-state index in [-0.39, 0.29) is 18.1 Å². The minimum atomic E-state index is -0.331. The van der Waals surface area contributed by atoms with Crippen molar-refractivity contribution in [1.82, 2.24) is 15.5 Å². The number of hydrogen-bond donors (Lipinski definition) is 2. The predicted octanol–water partition coefficient (Wildman–Crippen LogP) is 1.29. The highest BCUT2D eigenvalue weighted by molar-refractivity contribution is 5.95. The minimum Gasteiger partial charge on any atom is -0.493 e. The molecule has 2 aliphatic rings. The normalized spacial score (nSPS) is 18.0. The van der Waals surface area contributed by atoms with Crippen molar-refractivity contribution in [2.75, 3.05) is 19.7 Å². The lowest BCUT2D eigenvalue weighted by atomic mass is 10.0. The van der Waals surface area contributed by atoms with E-state index in [1.54, 1.807) is 0 Å². The van der Waals surface area contributed by atoms with Gasteiger partial charge in [0, 0.05) is 25.6 Å². The van der Waals surface area contributed by atoms with Crippen LogP contribution in [0.1, 0.15) is 18.1 Å². The third-order valence-electron chi connectivity index (χ3n) is 3.77. The molecule has 1 aromatic rings. The molecule has 2 N–H and O–H groups in total. The Kier molecular flexibility index (Phi) is 3.68. The zero-order valence-electron chi connectivity index (χ0n) is 12.0. The van der Waals surface area contributed by atoms with Crippen molar-refractivity contribution in [3.63, 3.8) is 0 Å². The fourth-order valence-electron chi connectivity index (χ4n) is 2.73. The van der Waals surface area contributed by atoms with Crippen LogP contribution in [0.4, 0.5) is 9.59 Å². The van der Waals surface area contributed by atoms with E-state index in [9.17, 15) is 9.59 Å². The predicted molar refractivity (Wildman–Crippen MR) is 77.4 cm³/mol. The molecule has 2 heterocycles. The number of nitrogens with one attached hydrogen (secondary N) is 2. The number of imide groups is 1. The Balaban J connectivity index is 1.57. The van der Waals surface area contributed by atoms with Crippen molar-refractivity contribution in [3.8, 4) is 5.75 Å².